The topological polar surface area (TPSA) is 64.9 Å². The third kappa shape index (κ3) is 2.07. The first-order chi connectivity index (χ1) is 7.22. The minimum Gasteiger partial charge on any atom is -0.487 e. The molecule has 1 aromatic carbocycles. The van der Waals surface area contributed by atoms with E-state index in [0.717, 1.165) is 5.56 Å². The van der Waals surface area contributed by atoms with Crippen molar-refractivity contribution >= 4 is 5.69 Å². The van der Waals surface area contributed by atoms with Gasteiger partial charge in [-0.05, 0) is 18.6 Å². The normalized spacial score (nSPS) is 18.6. The summed E-state index contributed by atoms with van der Waals surface area (Å²) < 4.78 is 10.2. The molecule has 0 N–H and O–H groups in total. The number of nitrogens with zero attached hydrogens (tertiary/aromatic N) is 1. The molecule has 1 heterocycles. The number of rotatable bonds is 4. The minimum atomic E-state index is -0.434. The molecule has 0 spiro atoms. The fourth-order valence-corrected chi connectivity index (χ4v) is 1.40. The van der Waals surface area contributed by atoms with E-state index in [1.165, 1.54) is 6.07 Å². The molecule has 80 valence electrons. The van der Waals surface area contributed by atoms with E-state index in [9.17, 15) is 10.1 Å². The van der Waals surface area contributed by atoms with Crippen molar-refractivity contribution in [1.29, 1.82) is 0 Å². The molecule has 15 heavy (non-hydrogen) atoms. The summed E-state index contributed by atoms with van der Waals surface area (Å²) in [5.41, 5.74) is 0.843. The molecular formula is C10H11NO4. The first-order valence-corrected chi connectivity index (χ1v) is 4.75. The molecule has 1 fully saturated rings. The highest BCUT2D eigenvalue weighted by Crippen LogP contribution is 2.35. The van der Waals surface area contributed by atoms with Gasteiger partial charge in [-0.3, -0.25) is 10.1 Å². The van der Waals surface area contributed by atoms with E-state index in [4.69, 9.17) is 9.47 Å². The van der Waals surface area contributed by atoms with E-state index < -0.39 is 4.92 Å². The number of nitro groups is 1. The maximum atomic E-state index is 10.8. The Kier molecular flexibility index (Phi) is 2.55. The second kappa shape index (κ2) is 3.86. The van der Waals surface area contributed by atoms with Gasteiger partial charge in [0, 0.05) is 6.07 Å². The van der Waals surface area contributed by atoms with E-state index in [-0.39, 0.29) is 11.8 Å². The van der Waals surface area contributed by atoms with Crippen LogP contribution < -0.4 is 4.74 Å². The summed E-state index contributed by atoms with van der Waals surface area (Å²) in [6.45, 7) is 2.85. The van der Waals surface area contributed by atoms with Crippen LogP contribution in [-0.2, 0) is 4.74 Å². The van der Waals surface area contributed by atoms with Crippen LogP contribution in [0.25, 0.3) is 0 Å². The Balaban J connectivity index is 2.34. The van der Waals surface area contributed by atoms with Crippen LogP contribution in [0.2, 0.25) is 0 Å². The van der Waals surface area contributed by atoms with Gasteiger partial charge in [0.15, 0.2) is 5.75 Å². The van der Waals surface area contributed by atoms with Crippen LogP contribution in [-0.4, -0.2) is 18.1 Å². The van der Waals surface area contributed by atoms with Gasteiger partial charge in [-0.15, -0.1) is 0 Å². The molecule has 1 aromatic rings. The summed E-state index contributed by atoms with van der Waals surface area (Å²) in [6, 6.07) is 4.94. The summed E-state index contributed by atoms with van der Waals surface area (Å²) in [4.78, 5) is 10.3. The zero-order chi connectivity index (χ0) is 10.8. The highest BCUT2D eigenvalue weighted by atomic mass is 16.6. The van der Waals surface area contributed by atoms with Gasteiger partial charge in [0.1, 0.15) is 6.10 Å². The Morgan fingerprint density at radius 2 is 2.40 bits per heavy atom. The lowest BCUT2D eigenvalue weighted by Crippen LogP contribution is -1.98. The Morgan fingerprint density at radius 1 is 1.67 bits per heavy atom. The van der Waals surface area contributed by atoms with Gasteiger partial charge >= 0.3 is 5.69 Å². The van der Waals surface area contributed by atoms with Gasteiger partial charge in [0.05, 0.1) is 18.1 Å². The predicted octanol–water partition coefficient (Wildman–Crippen LogP) is 2.06. The standard InChI is InChI=1S/C10H11NO4/c1-2-14-9-4-3-7(10-6-15-10)5-8(9)11(12)13/h3-5,10H,2,6H2,1H3. The lowest BCUT2D eigenvalue weighted by atomic mass is 10.1. The lowest BCUT2D eigenvalue weighted by Gasteiger charge is -2.04. The molecule has 0 radical (unpaired) electrons. The van der Waals surface area contributed by atoms with E-state index in [2.05, 4.69) is 0 Å². The van der Waals surface area contributed by atoms with Crippen molar-refractivity contribution in [3.8, 4) is 5.75 Å². The van der Waals surface area contributed by atoms with Crippen molar-refractivity contribution in [2.45, 2.75) is 13.0 Å². The lowest BCUT2D eigenvalue weighted by molar-refractivity contribution is -0.385. The van der Waals surface area contributed by atoms with Crippen molar-refractivity contribution in [2.24, 2.45) is 0 Å². The number of benzene rings is 1. The number of nitro benzene ring substituents is 1. The van der Waals surface area contributed by atoms with Gasteiger partial charge in [-0.25, -0.2) is 0 Å². The van der Waals surface area contributed by atoms with Crippen molar-refractivity contribution in [2.75, 3.05) is 13.2 Å². The average Bonchev–Trinajstić information content (AvgIpc) is 3.02. The Labute approximate surface area is 86.8 Å². The molecule has 1 atom stereocenters. The fourth-order valence-electron chi connectivity index (χ4n) is 1.40. The third-order valence-electron chi connectivity index (χ3n) is 2.18. The maximum Gasteiger partial charge on any atom is 0.311 e. The molecule has 2 rings (SSSR count). The fraction of sp³-hybridized carbons (Fsp3) is 0.400. The Bertz CT molecular complexity index is 387. The maximum absolute atomic E-state index is 10.8. The molecule has 0 aliphatic carbocycles. The summed E-state index contributed by atoms with van der Waals surface area (Å²) >= 11 is 0. The molecule has 0 saturated carbocycles. The highest BCUT2D eigenvalue weighted by molar-refractivity contribution is 5.49. The summed E-state index contributed by atoms with van der Waals surface area (Å²) in [6.07, 6.45) is 0.0272. The van der Waals surface area contributed by atoms with Crippen LogP contribution in [0.4, 0.5) is 5.69 Å². The van der Waals surface area contributed by atoms with Crippen molar-refractivity contribution in [3.63, 3.8) is 0 Å². The van der Waals surface area contributed by atoms with Gasteiger partial charge < -0.3 is 9.47 Å². The van der Waals surface area contributed by atoms with Crippen molar-refractivity contribution < 1.29 is 14.4 Å². The molecule has 5 nitrogen and oxygen atoms in total. The molecule has 0 amide bonds. The van der Waals surface area contributed by atoms with Crippen LogP contribution >= 0.6 is 0 Å². The summed E-state index contributed by atoms with van der Waals surface area (Å²) in [5, 5.41) is 10.8. The van der Waals surface area contributed by atoms with Crippen LogP contribution in [0.15, 0.2) is 18.2 Å². The van der Waals surface area contributed by atoms with Gasteiger partial charge in [-0.2, -0.15) is 0 Å². The van der Waals surface area contributed by atoms with E-state index in [1.54, 1.807) is 19.1 Å². The largest absolute Gasteiger partial charge is 0.487 e. The Morgan fingerprint density at radius 3 is 2.93 bits per heavy atom. The van der Waals surface area contributed by atoms with Crippen molar-refractivity contribution in [3.05, 3.63) is 33.9 Å². The molecule has 0 aromatic heterocycles. The molecule has 0 bridgehead atoms. The smallest absolute Gasteiger partial charge is 0.311 e. The highest BCUT2D eigenvalue weighted by Gasteiger charge is 2.27. The van der Waals surface area contributed by atoms with Gasteiger partial charge in [-0.1, -0.05) is 6.07 Å². The zero-order valence-corrected chi connectivity index (χ0v) is 8.30. The first-order valence-electron chi connectivity index (χ1n) is 4.75. The molecule has 1 unspecified atom stereocenters. The van der Waals surface area contributed by atoms with Crippen LogP contribution in [0.3, 0.4) is 0 Å². The second-order valence-electron chi connectivity index (χ2n) is 3.24. The molecule has 1 aliphatic heterocycles. The van der Waals surface area contributed by atoms with Crippen LogP contribution in [0.5, 0.6) is 5.75 Å². The van der Waals surface area contributed by atoms with E-state index >= 15 is 0 Å². The van der Waals surface area contributed by atoms with Gasteiger partial charge in [0.25, 0.3) is 0 Å². The van der Waals surface area contributed by atoms with Crippen molar-refractivity contribution in [1.82, 2.24) is 0 Å². The zero-order valence-electron chi connectivity index (χ0n) is 8.30. The third-order valence-corrected chi connectivity index (χ3v) is 2.18. The number of ether oxygens (including phenoxy) is 2. The molecule has 1 saturated heterocycles. The Hall–Kier alpha value is -1.62. The quantitative estimate of drug-likeness (QED) is 0.432. The van der Waals surface area contributed by atoms with Crippen LogP contribution in [0, 0.1) is 10.1 Å². The van der Waals surface area contributed by atoms with E-state index in [1.807, 2.05) is 0 Å². The monoisotopic (exact) mass is 209 g/mol. The number of epoxide rings is 1. The number of hydrogen-bond donors (Lipinski definition) is 0. The molecule has 1 aliphatic rings. The second-order valence-corrected chi connectivity index (χ2v) is 3.24. The SMILES string of the molecule is CCOc1ccc(C2CO2)cc1[N+](=O)[O-]. The molecule has 5 heteroatoms. The van der Waals surface area contributed by atoms with Crippen LogP contribution in [0.1, 0.15) is 18.6 Å². The predicted molar refractivity (Wildman–Crippen MR) is 53.0 cm³/mol. The summed E-state index contributed by atoms with van der Waals surface area (Å²) in [7, 11) is 0. The summed E-state index contributed by atoms with van der Waals surface area (Å²) in [5.74, 6) is 0.312. The minimum absolute atomic E-state index is 0.00449. The first kappa shape index (κ1) is 9.92. The number of hydrogen-bond acceptors (Lipinski definition) is 4. The molecular weight excluding hydrogens is 198 g/mol. The van der Waals surface area contributed by atoms with E-state index in [0.29, 0.717) is 19.0 Å². The average molecular weight is 209 g/mol. The van der Waals surface area contributed by atoms with Gasteiger partial charge in [0.2, 0.25) is 0 Å².